The molecule has 6 heteroatoms. The van der Waals surface area contributed by atoms with Crippen molar-refractivity contribution >= 4 is 23.5 Å². The smallest absolute Gasteiger partial charge is 0.303 e. The summed E-state index contributed by atoms with van der Waals surface area (Å²) in [5.41, 5.74) is 1.86. The molecule has 0 radical (unpaired) electrons. The first-order valence-corrected chi connectivity index (χ1v) is 7.93. The SMILES string of the molecule is CC(NC(=O)c1cccc(NC(=O)CCC(=O)O)c1)c1ccccc1. The lowest BCUT2D eigenvalue weighted by Crippen LogP contribution is -2.26. The highest BCUT2D eigenvalue weighted by Crippen LogP contribution is 2.15. The lowest BCUT2D eigenvalue weighted by Gasteiger charge is -2.15. The lowest BCUT2D eigenvalue weighted by atomic mass is 10.1. The Morgan fingerprint density at radius 3 is 2.40 bits per heavy atom. The van der Waals surface area contributed by atoms with E-state index < -0.39 is 11.9 Å². The summed E-state index contributed by atoms with van der Waals surface area (Å²) in [4.78, 5) is 34.6. The summed E-state index contributed by atoms with van der Waals surface area (Å²) >= 11 is 0. The van der Waals surface area contributed by atoms with Crippen molar-refractivity contribution in [3.8, 4) is 0 Å². The molecule has 0 saturated carbocycles. The van der Waals surface area contributed by atoms with E-state index in [0.717, 1.165) is 5.56 Å². The molecule has 2 rings (SSSR count). The molecule has 6 nitrogen and oxygen atoms in total. The minimum absolute atomic E-state index is 0.114. The van der Waals surface area contributed by atoms with Gasteiger partial charge in [-0.3, -0.25) is 14.4 Å². The van der Waals surface area contributed by atoms with E-state index in [0.29, 0.717) is 11.3 Å². The van der Waals surface area contributed by atoms with E-state index >= 15 is 0 Å². The van der Waals surface area contributed by atoms with Gasteiger partial charge in [-0.15, -0.1) is 0 Å². The molecule has 0 fully saturated rings. The van der Waals surface area contributed by atoms with Gasteiger partial charge in [-0.25, -0.2) is 0 Å². The minimum Gasteiger partial charge on any atom is -0.481 e. The minimum atomic E-state index is -1.03. The molecule has 130 valence electrons. The number of rotatable bonds is 7. The summed E-state index contributed by atoms with van der Waals surface area (Å²) in [7, 11) is 0. The second-order valence-electron chi connectivity index (χ2n) is 5.63. The molecule has 0 spiro atoms. The van der Waals surface area contributed by atoms with Crippen LogP contribution in [0.25, 0.3) is 0 Å². The molecule has 1 unspecified atom stereocenters. The molecular weight excluding hydrogens is 320 g/mol. The zero-order chi connectivity index (χ0) is 18.2. The van der Waals surface area contributed by atoms with E-state index in [4.69, 9.17) is 5.11 Å². The Morgan fingerprint density at radius 1 is 1.00 bits per heavy atom. The van der Waals surface area contributed by atoms with Crippen LogP contribution in [-0.4, -0.2) is 22.9 Å². The predicted molar refractivity (Wildman–Crippen MR) is 94.3 cm³/mol. The van der Waals surface area contributed by atoms with E-state index in [1.54, 1.807) is 24.3 Å². The number of carboxylic acids is 1. The number of carboxylic acid groups (broad SMARTS) is 1. The number of benzene rings is 2. The molecule has 0 aliphatic heterocycles. The van der Waals surface area contributed by atoms with Crippen LogP contribution < -0.4 is 10.6 Å². The van der Waals surface area contributed by atoms with Crippen LogP contribution in [0.5, 0.6) is 0 Å². The summed E-state index contributed by atoms with van der Waals surface area (Å²) in [6, 6.07) is 16.0. The van der Waals surface area contributed by atoms with Crippen LogP contribution in [0, 0.1) is 0 Å². The Kier molecular flexibility index (Phi) is 6.28. The summed E-state index contributed by atoms with van der Waals surface area (Å²) in [5, 5.41) is 14.1. The molecule has 2 aromatic rings. The zero-order valence-electron chi connectivity index (χ0n) is 13.9. The Labute approximate surface area is 145 Å². The average molecular weight is 340 g/mol. The van der Waals surface area contributed by atoms with Crippen molar-refractivity contribution < 1.29 is 19.5 Å². The number of carbonyl (C=O) groups excluding carboxylic acids is 2. The molecular formula is C19H20N2O4. The van der Waals surface area contributed by atoms with Crippen LogP contribution in [0.4, 0.5) is 5.69 Å². The lowest BCUT2D eigenvalue weighted by molar-refractivity contribution is -0.138. The highest BCUT2D eigenvalue weighted by atomic mass is 16.4. The van der Waals surface area contributed by atoms with Gasteiger partial charge in [-0.05, 0) is 30.7 Å². The van der Waals surface area contributed by atoms with Crippen LogP contribution in [-0.2, 0) is 9.59 Å². The Balaban J connectivity index is 1.99. The molecule has 0 heterocycles. The number of nitrogens with one attached hydrogen (secondary N) is 2. The molecule has 0 aliphatic carbocycles. The van der Waals surface area contributed by atoms with Gasteiger partial charge in [0.15, 0.2) is 0 Å². The second-order valence-corrected chi connectivity index (χ2v) is 5.63. The number of hydrogen-bond donors (Lipinski definition) is 3. The zero-order valence-corrected chi connectivity index (χ0v) is 13.9. The normalized spacial score (nSPS) is 11.4. The monoisotopic (exact) mass is 340 g/mol. The van der Waals surface area contributed by atoms with Gasteiger partial charge >= 0.3 is 5.97 Å². The van der Waals surface area contributed by atoms with Gasteiger partial charge in [0.1, 0.15) is 0 Å². The van der Waals surface area contributed by atoms with Gasteiger partial charge in [0.05, 0.1) is 12.5 Å². The fourth-order valence-electron chi connectivity index (χ4n) is 2.29. The molecule has 1 atom stereocenters. The molecule has 2 aromatic carbocycles. The van der Waals surface area contributed by atoms with E-state index in [1.807, 2.05) is 37.3 Å². The molecule has 0 saturated heterocycles. The van der Waals surface area contributed by atoms with Crippen LogP contribution in [0.3, 0.4) is 0 Å². The fourth-order valence-corrected chi connectivity index (χ4v) is 2.29. The number of hydrogen-bond acceptors (Lipinski definition) is 3. The molecule has 0 aromatic heterocycles. The van der Waals surface area contributed by atoms with Gasteiger partial charge in [-0.1, -0.05) is 36.4 Å². The van der Waals surface area contributed by atoms with Crippen molar-refractivity contribution in [2.24, 2.45) is 0 Å². The molecule has 0 bridgehead atoms. The molecule has 25 heavy (non-hydrogen) atoms. The third-order valence-corrected chi connectivity index (χ3v) is 3.62. The molecule has 3 N–H and O–H groups in total. The Morgan fingerprint density at radius 2 is 1.72 bits per heavy atom. The summed E-state index contributed by atoms with van der Waals surface area (Å²) < 4.78 is 0. The van der Waals surface area contributed by atoms with Crippen LogP contribution >= 0.6 is 0 Å². The topological polar surface area (TPSA) is 95.5 Å². The van der Waals surface area contributed by atoms with Gasteiger partial charge < -0.3 is 15.7 Å². The van der Waals surface area contributed by atoms with Gasteiger partial charge in [0.25, 0.3) is 5.91 Å². The van der Waals surface area contributed by atoms with E-state index in [-0.39, 0.29) is 24.8 Å². The predicted octanol–water partition coefficient (Wildman–Crippen LogP) is 2.98. The number of aliphatic carboxylic acids is 1. The van der Waals surface area contributed by atoms with Crippen molar-refractivity contribution in [1.82, 2.24) is 5.32 Å². The maximum absolute atomic E-state index is 12.4. The van der Waals surface area contributed by atoms with Gasteiger partial charge in [0.2, 0.25) is 5.91 Å². The number of carbonyl (C=O) groups is 3. The Bertz CT molecular complexity index is 759. The Hall–Kier alpha value is -3.15. The van der Waals surface area contributed by atoms with Crippen molar-refractivity contribution in [3.63, 3.8) is 0 Å². The fraction of sp³-hybridized carbons (Fsp3) is 0.211. The maximum atomic E-state index is 12.4. The van der Waals surface area contributed by atoms with Crippen molar-refractivity contribution in [3.05, 3.63) is 65.7 Å². The standard InChI is InChI=1S/C19H20N2O4/c1-13(14-6-3-2-4-7-14)20-19(25)15-8-5-9-16(12-15)21-17(22)10-11-18(23)24/h2-9,12-13H,10-11H2,1H3,(H,20,25)(H,21,22)(H,23,24). The highest BCUT2D eigenvalue weighted by molar-refractivity contribution is 5.97. The van der Waals surface area contributed by atoms with E-state index in [2.05, 4.69) is 10.6 Å². The number of amides is 2. The van der Waals surface area contributed by atoms with Crippen molar-refractivity contribution in [1.29, 1.82) is 0 Å². The third kappa shape index (κ3) is 5.76. The van der Waals surface area contributed by atoms with Gasteiger partial charge in [-0.2, -0.15) is 0 Å². The van der Waals surface area contributed by atoms with Crippen LogP contribution in [0.15, 0.2) is 54.6 Å². The van der Waals surface area contributed by atoms with Crippen molar-refractivity contribution in [2.45, 2.75) is 25.8 Å². The third-order valence-electron chi connectivity index (χ3n) is 3.62. The first-order chi connectivity index (χ1) is 12.0. The first kappa shape index (κ1) is 18.2. The van der Waals surface area contributed by atoms with E-state index in [1.165, 1.54) is 0 Å². The van der Waals surface area contributed by atoms with Crippen LogP contribution in [0.1, 0.15) is 41.7 Å². The molecule has 2 amide bonds. The number of anilines is 1. The summed E-state index contributed by atoms with van der Waals surface area (Å²) in [5.74, 6) is -1.69. The van der Waals surface area contributed by atoms with Crippen LogP contribution in [0.2, 0.25) is 0 Å². The summed E-state index contributed by atoms with van der Waals surface area (Å²) in [6.07, 6.45) is -0.350. The average Bonchev–Trinajstić information content (AvgIpc) is 2.61. The first-order valence-electron chi connectivity index (χ1n) is 7.93. The van der Waals surface area contributed by atoms with E-state index in [9.17, 15) is 14.4 Å². The molecule has 0 aliphatic rings. The maximum Gasteiger partial charge on any atom is 0.303 e. The second kappa shape index (κ2) is 8.63. The largest absolute Gasteiger partial charge is 0.481 e. The summed E-state index contributed by atoms with van der Waals surface area (Å²) in [6.45, 7) is 1.89. The van der Waals surface area contributed by atoms with Gasteiger partial charge in [0, 0.05) is 17.7 Å². The quantitative estimate of drug-likeness (QED) is 0.722. The highest BCUT2D eigenvalue weighted by Gasteiger charge is 2.12. The van der Waals surface area contributed by atoms with Crippen molar-refractivity contribution in [2.75, 3.05) is 5.32 Å².